The van der Waals surface area contributed by atoms with E-state index < -0.39 is 0 Å². The van der Waals surface area contributed by atoms with Crippen molar-refractivity contribution in [3.05, 3.63) is 30.2 Å². The molecule has 0 N–H and O–H groups in total. The van der Waals surface area contributed by atoms with Crippen molar-refractivity contribution in [2.75, 3.05) is 0 Å². The Balaban J connectivity index is 2.90. The molecule has 0 amide bonds. The van der Waals surface area contributed by atoms with E-state index in [2.05, 4.69) is 17.0 Å². The number of hydrogen-bond donors (Lipinski definition) is 0. The van der Waals surface area contributed by atoms with Gasteiger partial charge in [0.15, 0.2) is 0 Å². The van der Waals surface area contributed by atoms with Gasteiger partial charge in [-0.15, -0.1) is 0 Å². The number of rotatable bonds is 3. The molecule has 70 valence electrons. The van der Waals surface area contributed by atoms with Crippen molar-refractivity contribution in [1.82, 2.24) is 9.78 Å². The molecule has 1 aromatic heterocycles. The third-order valence-electron chi connectivity index (χ3n) is 1.75. The van der Waals surface area contributed by atoms with Crippen LogP contribution >= 0.6 is 0 Å². The zero-order valence-corrected chi connectivity index (χ0v) is 8.36. The lowest BCUT2D eigenvalue weighted by Crippen LogP contribution is -1.96. The Morgan fingerprint density at radius 3 is 2.92 bits per heavy atom. The largest absolute Gasteiger partial charge is 0.275 e. The van der Waals surface area contributed by atoms with Gasteiger partial charge in [-0.2, -0.15) is 5.10 Å². The first-order valence-electron chi connectivity index (χ1n) is 4.44. The van der Waals surface area contributed by atoms with Crippen LogP contribution in [0.5, 0.6) is 0 Å². The van der Waals surface area contributed by atoms with Crippen LogP contribution < -0.4 is 0 Å². The maximum atomic E-state index is 4.33. The van der Waals surface area contributed by atoms with E-state index >= 15 is 0 Å². The summed E-state index contributed by atoms with van der Waals surface area (Å²) in [6, 6.07) is 0. The molecule has 0 bridgehead atoms. The van der Waals surface area contributed by atoms with Crippen LogP contribution in [0.25, 0.3) is 0 Å². The molecule has 1 heterocycles. The van der Waals surface area contributed by atoms with E-state index in [9.17, 15) is 0 Å². The SMILES string of the molecule is C/C=C\N=C(CC)c1cnn(C)c1. The summed E-state index contributed by atoms with van der Waals surface area (Å²) < 4.78 is 1.79. The minimum absolute atomic E-state index is 0.927. The summed E-state index contributed by atoms with van der Waals surface area (Å²) in [5.41, 5.74) is 2.18. The normalized spacial score (nSPS) is 12.7. The van der Waals surface area contributed by atoms with Crippen molar-refractivity contribution in [3.8, 4) is 0 Å². The van der Waals surface area contributed by atoms with E-state index in [1.165, 1.54) is 0 Å². The van der Waals surface area contributed by atoms with Crippen molar-refractivity contribution in [1.29, 1.82) is 0 Å². The summed E-state index contributed by atoms with van der Waals surface area (Å²) in [5.74, 6) is 0. The zero-order valence-electron chi connectivity index (χ0n) is 8.36. The van der Waals surface area contributed by atoms with Crippen LogP contribution in [0.1, 0.15) is 25.8 Å². The second-order valence-corrected chi connectivity index (χ2v) is 2.81. The number of aliphatic imine (C=N–C) groups is 1. The second-order valence-electron chi connectivity index (χ2n) is 2.81. The zero-order chi connectivity index (χ0) is 9.68. The smallest absolute Gasteiger partial charge is 0.0580 e. The lowest BCUT2D eigenvalue weighted by Gasteiger charge is -1.96. The highest BCUT2D eigenvalue weighted by atomic mass is 15.2. The fourth-order valence-corrected chi connectivity index (χ4v) is 1.10. The second kappa shape index (κ2) is 4.60. The van der Waals surface area contributed by atoms with Crippen molar-refractivity contribution < 1.29 is 0 Å². The summed E-state index contributed by atoms with van der Waals surface area (Å²) >= 11 is 0. The van der Waals surface area contributed by atoms with Gasteiger partial charge in [-0.3, -0.25) is 9.67 Å². The molecule has 3 heteroatoms. The van der Waals surface area contributed by atoms with Gasteiger partial charge in [0.25, 0.3) is 0 Å². The Morgan fingerprint density at radius 2 is 2.46 bits per heavy atom. The fraction of sp³-hybridized carbons (Fsp3) is 0.400. The predicted molar refractivity (Wildman–Crippen MR) is 54.9 cm³/mol. The highest BCUT2D eigenvalue weighted by Crippen LogP contribution is 2.03. The number of aromatic nitrogens is 2. The third-order valence-corrected chi connectivity index (χ3v) is 1.75. The van der Waals surface area contributed by atoms with Gasteiger partial charge in [0.2, 0.25) is 0 Å². The topological polar surface area (TPSA) is 30.2 Å². The Kier molecular flexibility index (Phi) is 3.43. The lowest BCUT2D eigenvalue weighted by molar-refractivity contribution is 0.767. The summed E-state index contributed by atoms with van der Waals surface area (Å²) in [4.78, 5) is 4.33. The van der Waals surface area contributed by atoms with Gasteiger partial charge < -0.3 is 0 Å². The molecule has 0 fully saturated rings. The van der Waals surface area contributed by atoms with Gasteiger partial charge in [0.1, 0.15) is 0 Å². The molecule has 1 aromatic rings. The Hall–Kier alpha value is -1.38. The van der Waals surface area contributed by atoms with E-state index in [1.807, 2.05) is 38.6 Å². The average molecular weight is 177 g/mol. The molecule has 0 aromatic carbocycles. The molecule has 0 saturated heterocycles. The highest BCUT2D eigenvalue weighted by molar-refractivity contribution is 6.00. The Morgan fingerprint density at radius 1 is 1.69 bits per heavy atom. The molecule has 13 heavy (non-hydrogen) atoms. The molecule has 3 nitrogen and oxygen atoms in total. The molecular formula is C10H15N3. The van der Waals surface area contributed by atoms with Crippen LogP contribution in [0, 0.1) is 0 Å². The number of aryl methyl sites for hydroxylation is 1. The van der Waals surface area contributed by atoms with Crippen LogP contribution in [0.15, 0.2) is 29.7 Å². The van der Waals surface area contributed by atoms with E-state index in [4.69, 9.17) is 0 Å². The minimum Gasteiger partial charge on any atom is -0.275 e. The summed E-state index contributed by atoms with van der Waals surface area (Å²) in [5, 5.41) is 4.11. The van der Waals surface area contributed by atoms with Gasteiger partial charge in [-0.1, -0.05) is 13.0 Å². The highest BCUT2D eigenvalue weighted by Gasteiger charge is 2.01. The monoisotopic (exact) mass is 177 g/mol. The molecule has 0 saturated carbocycles. The average Bonchev–Trinajstić information content (AvgIpc) is 2.54. The van der Waals surface area contributed by atoms with Crippen molar-refractivity contribution in [3.63, 3.8) is 0 Å². The number of hydrogen-bond acceptors (Lipinski definition) is 2. The first-order chi connectivity index (χ1) is 6.27. The number of nitrogens with zero attached hydrogens (tertiary/aromatic N) is 3. The van der Waals surface area contributed by atoms with Gasteiger partial charge in [-0.25, -0.2) is 0 Å². The minimum atomic E-state index is 0.927. The maximum absolute atomic E-state index is 4.33. The van der Waals surface area contributed by atoms with Crippen molar-refractivity contribution in [2.45, 2.75) is 20.3 Å². The summed E-state index contributed by atoms with van der Waals surface area (Å²) in [6.07, 6.45) is 8.48. The van der Waals surface area contributed by atoms with Gasteiger partial charge in [0, 0.05) is 25.0 Å². The van der Waals surface area contributed by atoms with Gasteiger partial charge >= 0.3 is 0 Å². The van der Waals surface area contributed by atoms with E-state index in [0.717, 1.165) is 17.7 Å². The quantitative estimate of drug-likeness (QED) is 0.651. The molecular weight excluding hydrogens is 162 g/mol. The molecule has 0 aliphatic carbocycles. The lowest BCUT2D eigenvalue weighted by atomic mass is 10.2. The molecule has 0 radical (unpaired) electrons. The van der Waals surface area contributed by atoms with Crippen LogP contribution in [0.2, 0.25) is 0 Å². The fourth-order valence-electron chi connectivity index (χ4n) is 1.10. The van der Waals surface area contributed by atoms with Crippen LogP contribution in [0.3, 0.4) is 0 Å². The summed E-state index contributed by atoms with van der Waals surface area (Å²) in [7, 11) is 1.91. The Labute approximate surface area is 78.8 Å². The Bertz CT molecular complexity index is 321. The molecule has 0 spiro atoms. The van der Waals surface area contributed by atoms with Crippen molar-refractivity contribution in [2.24, 2.45) is 12.0 Å². The molecule has 1 rings (SSSR count). The van der Waals surface area contributed by atoms with Crippen LogP contribution in [-0.2, 0) is 7.05 Å². The van der Waals surface area contributed by atoms with Gasteiger partial charge in [0.05, 0.1) is 11.9 Å². The summed E-state index contributed by atoms with van der Waals surface area (Å²) in [6.45, 7) is 4.05. The van der Waals surface area contributed by atoms with E-state index in [0.29, 0.717) is 0 Å². The molecule has 0 unspecified atom stereocenters. The molecule has 0 aliphatic heterocycles. The van der Waals surface area contributed by atoms with E-state index in [1.54, 1.807) is 4.68 Å². The number of allylic oxidation sites excluding steroid dienone is 1. The van der Waals surface area contributed by atoms with Crippen LogP contribution in [0.4, 0.5) is 0 Å². The standard InChI is InChI=1S/C10H15N3/c1-4-6-11-10(5-2)9-7-12-13(3)8-9/h4,6-8H,5H2,1-3H3/b6-4-,11-10?. The van der Waals surface area contributed by atoms with E-state index in [-0.39, 0.29) is 0 Å². The maximum Gasteiger partial charge on any atom is 0.0580 e. The predicted octanol–water partition coefficient (Wildman–Crippen LogP) is 2.15. The first kappa shape index (κ1) is 9.71. The van der Waals surface area contributed by atoms with Crippen molar-refractivity contribution >= 4 is 5.71 Å². The molecule has 0 aliphatic rings. The molecule has 0 atom stereocenters. The first-order valence-corrected chi connectivity index (χ1v) is 4.44. The van der Waals surface area contributed by atoms with Crippen LogP contribution in [-0.4, -0.2) is 15.5 Å². The third kappa shape index (κ3) is 2.54. The van der Waals surface area contributed by atoms with Gasteiger partial charge in [-0.05, 0) is 13.3 Å².